The number of rotatable bonds is 2. The summed E-state index contributed by atoms with van der Waals surface area (Å²) in [7, 11) is 0. The second-order valence-electron chi connectivity index (χ2n) is 7.36. The van der Waals surface area contributed by atoms with Crippen molar-refractivity contribution in [2.45, 2.75) is 5.41 Å². The maximum absolute atomic E-state index is 10.8. The molecule has 1 aliphatic rings. The van der Waals surface area contributed by atoms with E-state index in [9.17, 15) is 10.2 Å². The molecule has 0 saturated heterocycles. The first-order valence-corrected chi connectivity index (χ1v) is 12.6. The van der Waals surface area contributed by atoms with Crippen LogP contribution in [0.4, 0.5) is 0 Å². The smallest absolute Gasteiger partial charge is 0.144 e. The second-order valence-corrected chi connectivity index (χ2v) is 10.7. The Morgan fingerprint density at radius 3 is 1.29 bits per heavy atom. The van der Waals surface area contributed by atoms with Gasteiger partial charge >= 0.3 is 0 Å². The van der Waals surface area contributed by atoms with E-state index in [2.05, 4.69) is 88.0 Å². The first-order chi connectivity index (χ1) is 14.9. The Morgan fingerprint density at radius 1 is 0.484 bits per heavy atom. The van der Waals surface area contributed by atoms with Crippen LogP contribution in [0.2, 0.25) is 0 Å². The SMILES string of the molecule is Oc1c(Br)ccc(C2(c3ccc(Br)c(O)c3Br)c3ccccc3-c3ccccc32)c1Br. The molecule has 2 N–H and O–H groups in total. The highest BCUT2D eigenvalue weighted by Crippen LogP contribution is 2.60. The van der Waals surface area contributed by atoms with E-state index in [-0.39, 0.29) is 11.5 Å². The molecule has 0 radical (unpaired) electrons. The molecular weight excluding hydrogens is 652 g/mol. The average Bonchev–Trinajstić information content (AvgIpc) is 3.07. The summed E-state index contributed by atoms with van der Waals surface area (Å²) in [5.41, 5.74) is 5.42. The lowest BCUT2D eigenvalue weighted by Crippen LogP contribution is -2.29. The quantitative estimate of drug-likeness (QED) is 0.199. The molecule has 0 spiro atoms. The fourth-order valence-corrected chi connectivity index (χ4v) is 7.10. The molecule has 2 nitrogen and oxygen atoms in total. The molecule has 6 heteroatoms. The van der Waals surface area contributed by atoms with Crippen molar-refractivity contribution in [1.82, 2.24) is 0 Å². The van der Waals surface area contributed by atoms with Crippen molar-refractivity contribution in [1.29, 1.82) is 0 Å². The van der Waals surface area contributed by atoms with Crippen LogP contribution in [0.3, 0.4) is 0 Å². The van der Waals surface area contributed by atoms with Crippen LogP contribution in [0, 0.1) is 0 Å². The minimum absolute atomic E-state index is 0.135. The summed E-state index contributed by atoms with van der Waals surface area (Å²) in [6, 6.07) is 24.3. The summed E-state index contributed by atoms with van der Waals surface area (Å²) in [5.74, 6) is 0.271. The molecule has 0 unspecified atom stereocenters. The highest BCUT2D eigenvalue weighted by atomic mass is 79.9. The largest absolute Gasteiger partial charge is 0.506 e. The molecule has 0 heterocycles. The van der Waals surface area contributed by atoms with Gasteiger partial charge in [0.1, 0.15) is 11.5 Å². The Hall–Kier alpha value is -1.60. The van der Waals surface area contributed by atoms with Crippen LogP contribution in [-0.2, 0) is 5.41 Å². The minimum atomic E-state index is -0.763. The summed E-state index contributed by atoms with van der Waals surface area (Å²) < 4.78 is 2.41. The average molecular weight is 666 g/mol. The second kappa shape index (κ2) is 7.77. The van der Waals surface area contributed by atoms with Crippen molar-refractivity contribution in [2.24, 2.45) is 0 Å². The molecule has 0 saturated carbocycles. The number of fused-ring (bicyclic) bond motifs is 3. The third-order valence-electron chi connectivity index (χ3n) is 5.89. The molecule has 4 aromatic rings. The van der Waals surface area contributed by atoms with Gasteiger partial charge in [0.2, 0.25) is 0 Å². The van der Waals surface area contributed by atoms with Crippen molar-refractivity contribution in [3.63, 3.8) is 0 Å². The Bertz CT molecular complexity index is 1260. The van der Waals surface area contributed by atoms with Crippen LogP contribution in [0.15, 0.2) is 90.7 Å². The molecule has 4 aromatic carbocycles. The van der Waals surface area contributed by atoms with Gasteiger partial charge in [-0.1, -0.05) is 60.7 Å². The van der Waals surface area contributed by atoms with E-state index in [1.54, 1.807) is 0 Å². The Balaban J connectivity index is 2.04. The summed E-state index contributed by atoms with van der Waals surface area (Å²) in [4.78, 5) is 0. The van der Waals surface area contributed by atoms with E-state index in [1.165, 1.54) is 0 Å². The Labute approximate surface area is 213 Å². The van der Waals surface area contributed by atoms with Crippen LogP contribution < -0.4 is 0 Å². The van der Waals surface area contributed by atoms with E-state index in [0.29, 0.717) is 17.9 Å². The van der Waals surface area contributed by atoms with Crippen LogP contribution in [0.5, 0.6) is 11.5 Å². The Morgan fingerprint density at radius 2 is 0.871 bits per heavy atom. The number of hydrogen-bond acceptors (Lipinski definition) is 2. The van der Waals surface area contributed by atoms with Gasteiger partial charge < -0.3 is 10.2 Å². The minimum Gasteiger partial charge on any atom is -0.506 e. The van der Waals surface area contributed by atoms with Crippen LogP contribution in [0.1, 0.15) is 22.3 Å². The van der Waals surface area contributed by atoms with E-state index in [4.69, 9.17) is 0 Å². The number of phenolic OH excluding ortho intramolecular Hbond substituents is 2. The molecule has 0 bridgehead atoms. The van der Waals surface area contributed by atoms with Crippen molar-refractivity contribution >= 4 is 63.7 Å². The van der Waals surface area contributed by atoms with Crippen molar-refractivity contribution < 1.29 is 10.2 Å². The lowest BCUT2D eigenvalue weighted by Gasteiger charge is -2.35. The number of hydrogen-bond donors (Lipinski definition) is 2. The monoisotopic (exact) mass is 662 g/mol. The van der Waals surface area contributed by atoms with Gasteiger partial charge in [-0.05, 0) is 109 Å². The molecule has 154 valence electrons. The molecule has 0 fully saturated rings. The first kappa shape index (κ1) is 21.3. The van der Waals surface area contributed by atoms with Gasteiger partial charge in [0, 0.05) is 0 Å². The van der Waals surface area contributed by atoms with Gasteiger partial charge in [-0.25, -0.2) is 0 Å². The van der Waals surface area contributed by atoms with Crippen molar-refractivity contribution in [3.8, 4) is 22.6 Å². The van der Waals surface area contributed by atoms with Gasteiger partial charge in [-0.2, -0.15) is 0 Å². The molecule has 0 amide bonds. The maximum Gasteiger partial charge on any atom is 0.144 e. The van der Waals surface area contributed by atoms with E-state index in [0.717, 1.165) is 33.4 Å². The fraction of sp³-hybridized carbons (Fsp3) is 0.0400. The maximum atomic E-state index is 10.8. The Kier molecular flexibility index (Phi) is 5.32. The standard InChI is InChI=1S/C25H14Br4O2/c26-19-11-9-17(21(28)23(19)30)25(18-10-12-20(27)24(31)22(18)29)15-7-3-1-5-13(15)14-6-2-4-8-16(14)25/h1-12,30-31H. The molecule has 5 rings (SSSR count). The summed E-state index contributed by atoms with van der Waals surface area (Å²) >= 11 is 14.2. The number of phenols is 2. The van der Waals surface area contributed by atoms with E-state index < -0.39 is 5.41 Å². The summed E-state index contributed by atoms with van der Waals surface area (Å²) in [6.07, 6.45) is 0. The van der Waals surface area contributed by atoms with Gasteiger partial charge in [-0.15, -0.1) is 0 Å². The highest BCUT2D eigenvalue weighted by molar-refractivity contribution is 9.11. The van der Waals surface area contributed by atoms with E-state index >= 15 is 0 Å². The van der Waals surface area contributed by atoms with E-state index in [1.807, 2.05) is 48.5 Å². The third kappa shape index (κ3) is 2.92. The molecule has 31 heavy (non-hydrogen) atoms. The number of aromatic hydroxyl groups is 2. The van der Waals surface area contributed by atoms with Gasteiger partial charge in [0.15, 0.2) is 0 Å². The lowest BCUT2D eigenvalue weighted by atomic mass is 9.67. The summed E-state index contributed by atoms with van der Waals surface area (Å²) in [5, 5.41) is 21.6. The topological polar surface area (TPSA) is 40.5 Å². The fourth-order valence-electron chi connectivity index (χ4n) is 4.62. The lowest BCUT2D eigenvalue weighted by molar-refractivity contribution is 0.464. The van der Waals surface area contributed by atoms with Crippen molar-refractivity contribution in [3.05, 3.63) is 113 Å². The summed E-state index contributed by atoms with van der Waals surface area (Å²) in [6.45, 7) is 0. The highest BCUT2D eigenvalue weighted by Gasteiger charge is 2.48. The first-order valence-electron chi connectivity index (χ1n) is 9.43. The van der Waals surface area contributed by atoms with Gasteiger partial charge in [0.25, 0.3) is 0 Å². The number of benzene rings is 4. The van der Waals surface area contributed by atoms with Gasteiger partial charge in [0.05, 0.1) is 23.3 Å². The zero-order chi connectivity index (χ0) is 21.9. The molecular formula is C25H14Br4O2. The van der Waals surface area contributed by atoms with Crippen LogP contribution in [0.25, 0.3) is 11.1 Å². The third-order valence-corrected chi connectivity index (χ3v) is 8.78. The molecule has 1 aliphatic carbocycles. The normalized spacial score (nSPS) is 13.7. The van der Waals surface area contributed by atoms with Gasteiger partial charge in [-0.3, -0.25) is 0 Å². The predicted octanol–water partition coefficient (Wildman–Crippen LogP) is 8.51. The molecule has 0 atom stereocenters. The zero-order valence-corrected chi connectivity index (χ0v) is 22.2. The number of halogens is 4. The van der Waals surface area contributed by atoms with Crippen LogP contribution >= 0.6 is 63.7 Å². The van der Waals surface area contributed by atoms with Crippen molar-refractivity contribution in [2.75, 3.05) is 0 Å². The van der Waals surface area contributed by atoms with Crippen LogP contribution in [-0.4, -0.2) is 10.2 Å². The molecule has 0 aliphatic heterocycles. The zero-order valence-electron chi connectivity index (χ0n) is 15.8. The molecule has 0 aromatic heterocycles. The predicted molar refractivity (Wildman–Crippen MR) is 138 cm³/mol.